The second-order valence-corrected chi connectivity index (χ2v) is 9.10. The van der Waals surface area contributed by atoms with Gasteiger partial charge < -0.3 is 15.0 Å². The van der Waals surface area contributed by atoms with Crippen LogP contribution in [-0.4, -0.2) is 52.4 Å². The fourth-order valence-corrected chi connectivity index (χ4v) is 4.10. The summed E-state index contributed by atoms with van der Waals surface area (Å²) in [6.07, 6.45) is 1.40. The van der Waals surface area contributed by atoms with Gasteiger partial charge in [-0.05, 0) is 44.4 Å². The van der Waals surface area contributed by atoms with E-state index in [9.17, 15) is 9.00 Å². The monoisotopic (exact) mass is 372 g/mol. The van der Waals surface area contributed by atoms with Crippen LogP contribution in [0.4, 0.5) is 4.79 Å². The number of carbonyl (C=O) groups excluding carboxylic acids is 1. The topological polar surface area (TPSA) is 58.6 Å². The zero-order valence-electron chi connectivity index (χ0n) is 14.4. The quantitative estimate of drug-likeness (QED) is 0.884. The van der Waals surface area contributed by atoms with E-state index in [4.69, 9.17) is 16.3 Å². The van der Waals surface area contributed by atoms with Gasteiger partial charge in [-0.2, -0.15) is 0 Å². The Morgan fingerprint density at radius 2 is 2.17 bits per heavy atom. The molecule has 0 aliphatic carbocycles. The molecule has 0 bridgehead atoms. The molecule has 2 amide bonds. The number of nitrogens with zero attached hydrogens (tertiary/aromatic N) is 1. The third-order valence-corrected chi connectivity index (χ3v) is 6.71. The Labute approximate surface area is 151 Å². The maximum absolute atomic E-state index is 12.3. The summed E-state index contributed by atoms with van der Waals surface area (Å²) in [4.78, 5) is 14.1. The van der Waals surface area contributed by atoms with Crippen molar-refractivity contribution in [2.45, 2.75) is 31.4 Å². The molecule has 0 unspecified atom stereocenters. The van der Waals surface area contributed by atoms with E-state index in [0.29, 0.717) is 42.6 Å². The summed E-state index contributed by atoms with van der Waals surface area (Å²) >= 11 is 6.20. The van der Waals surface area contributed by atoms with Crippen LogP contribution in [0, 0.1) is 0 Å². The number of carbonyl (C=O) groups is 1. The van der Waals surface area contributed by atoms with Gasteiger partial charge in [-0.3, -0.25) is 4.21 Å². The zero-order chi connectivity index (χ0) is 17.7. The van der Waals surface area contributed by atoms with Crippen LogP contribution in [0.2, 0.25) is 5.02 Å². The SMILES string of the molecule is COc1ccc(CCNC(=O)N2CC[S@](=O)C(C)(C)CC2)c(Cl)c1. The molecule has 1 aliphatic rings. The van der Waals surface area contributed by atoms with E-state index in [1.807, 2.05) is 26.0 Å². The zero-order valence-corrected chi connectivity index (χ0v) is 16.0. The summed E-state index contributed by atoms with van der Waals surface area (Å²) < 4.78 is 17.0. The number of urea groups is 1. The van der Waals surface area contributed by atoms with E-state index in [-0.39, 0.29) is 10.8 Å². The molecular formula is C17H25ClN2O3S. The Hall–Kier alpha value is -1.27. The molecule has 5 nitrogen and oxygen atoms in total. The van der Waals surface area contributed by atoms with Gasteiger partial charge in [0.05, 0.1) is 7.11 Å². The van der Waals surface area contributed by atoms with E-state index in [0.717, 1.165) is 12.0 Å². The van der Waals surface area contributed by atoms with Gasteiger partial charge >= 0.3 is 6.03 Å². The summed E-state index contributed by atoms with van der Waals surface area (Å²) in [6.45, 7) is 5.67. The third kappa shape index (κ3) is 4.86. The average Bonchev–Trinajstić information content (AvgIpc) is 2.68. The van der Waals surface area contributed by atoms with Crippen molar-refractivity contribution in [1.82, 2.24) is 10.2 Å². The first-order valence-corrected chi connectivity index (χ1v) is 9.77. The van der Waals surface area contributed by atoms with Crippen LogP contribution < -0.4 is 10.1 Å². The predicted molar refractivity (Wildman–Crippen MR) is 98.4 cm³/mol. The second-order valence-electron chi connectivity index (χ2n) is 6.49. The van der Waals surface area contributed by atoms with Gasteiger partial charge in [0.15, 0.2) is 0 Å². The van der Waals surface area contributed by atoms with Crippen molar-refractivity contribution in [2.24, 2.45) is 0 Å². The number of amides is 2. The summed E-state index contributed by atoms with van der Waals surface area (Å²) in [6, 6.07) is 5.43. The minimum absolute atomic E-state index is 0.102. The van der Waals surface area contributed by atoms with Crippen molar-refractivity contribution in [3.8, 4) is 5.75 Å². The molecule has 1 aliphatic heterocycles. The largest absolute Gasteiger partial charge is 0.497 e. The molecule has 1 atom stereocenters. The Balaban J connectivity index is 1.84. The van der Waals surface area contributed by atoms with Gasteiger partial charge in [0.2, 0.25) is 0 Å². The van der Waals surface area contributed by atoms with E-state index in [2.05, 4.69) is 5.32 Å². The van der Waals surface area contributed by atoms with Gasteiger partial charge in [0.25, 0.3) is 0 Å². The van der Waals surface area contributed by atoms with Crippen LogP contribution in [0.3, 0.4) is 0 Å². The van der Waals surface area contributed by atoms with Gasteiger partial charge in [-0.1, -0.05) is 17.7 Å². The van der Waals surface area contributed by atoms with Crippen molar-refractivity contribution >= 4 is 28.4 Å². The number of halogens is 1. The van der Waals surface area contributed by atoms with Crippen LogP contribution >= 0.6 is 11.6 Å². The second kappa shape index (κ2) is 8.21. The van der Waals surface area contributed by atoms with E-state index < -0.39 is 10.8 Å². The predicted octanol–water partition coefficient (Wildman–Crippen LogP) is 2.83. The molecule has 0 radical (unpaired) electrons. The molecule has 1 N–H and O–H groups in total. The molecule has 1 aromatic rings. The molecule has 24 heavy (non-hydrogen) atoms. The molecule has 0 aromatic heterocycles. The Bertz CT molecular complexity index is 622. The van der Waals surface area contributed by atoms with Crippen LogP contribution in [0.5, 0.6) is 5.75 Å². The summed E-state index contributed by atoms with van der Waals surface area (Å²) in [5.41, 5.74) is 0.968. The van der Waals surface area contributed by atoms with Crippen LogP contribution in [-0.2, 0) is 17.2 Å². The first-order chi connectivity index (χ1) is 11.3. The first-order valence-electron chi connectivity index (χ1n) is 8.07. The summed E-state index contributed by atoms with van der Waals surface area (Å²) in [5, 5.41) is 3.56. The standard InChI is InChI=1S/C17H25ClN2O3S/c1-17(2)7-9-20(10-11-24(17)22)16(21)19-8-6-13-4-5-14(23-3)12-15(13)18/h4-5,12H,6-11H2,1-3H3,(H,19,21)/t24-/m0/s1. The molecule has 0 spiro atoms. The highest BCUT2D eigenvalue weighted by molar-refractivity contribution is 7.86. The fraction of sp³-hybridized carbons (Fsp3) is 0.588. The molecule has 7 heteroatoms. The van der Waals surface area contributed by atoms with Crippen molar-refractivity contribution in [1.29, 1.82) is 0 Å². The Morgan fingerprint density at radius 1 is 1.42 bits per heavy atom. The van der Waals surface area contributed by atoms with Gasteiger partial charge in [0.1, 0.15) is 5.75 Å². The minimum atomic E-state index is -0.898. The Kier molecular flexibility index (Phi) is 6.52. The maximum atomic E-state index is 12.3. The lowest BCUT2D eigenvalue weighted by Gasteiger charge is -2.22. The van der Waals surface area contributed by atoms with E-state index in [1.54, 1.807) is 18.1 Å². The molecule has 134 valence electrons. The van der Waals surface area contributed by atoms with Crippen molar-refractivity contribution in [2.75, 3.05) is 32.5 Å². The number of ether oxygens (including phenoxy) is 1. The van der Waals surface area contributed by atoms with Gasteiger partial charge in [-0.15, -0.1) is 0 Å². The number of methoxy groups -OCH3 is 1. The van der Waals surface area contributed by atoms with E-state index >= 15 is 0 Å². The molecule has 1 aromatic carbocycles. The van der Waals surface area contributed by atoms with Crippen molar-refractivity contribution in [3.05, 3.63) is 28.8 Å². The lowest BCUT2D eigenvalue weighted by atomic mass is 10.1. The molecule has 2 rings (SSSR count). The average molecular weight is 373 g/mol. The molecule has 0 saturated carbocycles. The Morgan fingerprint density at radius 3 is 2.83 bits per heavy atom. The van der Waals surface area contributed by atoms with Gasteiger partial charge in [0, 0.05) is 46.0 Å². The lowest BCUT2D eigenvalue weighted by Crippen LogP contribution is -2.42. The molecule has 1 fully saturated rings. The first kappa shape index (κ1) is 19.1. The minimum Gasteiger partial charge on any atom is -0.497 e. The van der Waals surface area contributed by atoms with Crippen LogP contribution in [0.15, 0.2) is 18.2 Å². The molecule has 1 saturated heterocycles. The molecule has 1 heterocycles. The fourth-order valence-electron chi connectivity index (χ4n) is 2.58. The normalized spacial score (nSPS) is 20.3. The summed E-state index contributed by atoms with van der Waals surface area (Å²) in [7, 11) is 0.700. The number of rotatable bonds is 4. The highest BCUT2D eigenvalue weighted by Gasteiger charge is 2.31. The smallest absolute Gasteiger partial charge is 0.317 e. The lowest BCUT2D eigenvalue weighted by molar-refractivity contribution is 0.200. The number of hydrogen-bond donors (Lipinski definition) is 1. The van der Waals surface area contributed by atoms with Crippen molar-refractivity contribution in [3.63, 3.8) is 0 Å². The number of nitrogens with one attached hydrogen (secondary N) is 1. The number of hydrogen-bond acceptors (Lipinski definition) is 3. The van der Waals surface area contributed by atoms with Crippen LogP contribution in [0.1, 0.15) is 25.8 Å². The highest BCUT2D eigenvalue weighted by Crippen LogP contribution is 2.23. The third-order valence-electron chi connectivity index (χ3n) is 4.36. The summed E-state index contributed by atoms with van der Waals surface area (Å²) in [5.74, 6) is 1.25. The molecular weight excluding hydrogens is 348 g/mol. The maximum Gasteiger partial charge on any atom is 0.317 e. The van der Waals surface area contributed by atoms with Crippen LogP contribution in [0.25, 0.3) is 0 Å². The van der Waals surface area contributed by atoms with Gasteiger partial charge in [-0.25, -0.2) is 4.79 Å². The number of benzene rings is 1. The van der Waals surface area contributed by atoms with E-state index in [1.165, 1.54) is 0 Å². The highest BCUT2D eigenvalue weighted by atomic mass is 35.5. The van der Waals surface area contributed by atoms with Crippen molar-refractivity contribution < 1.29 is 13.7 Å².